The molecule has 0 unspecified atom stereocenters. The predicted octanol–water partition coefficient (Wildman–Crippen LogP) is 21.0. The number of urea groups is 3. The first-order valence-corrected chi connectivity index (χ1v) is 35.4. The van der Waals surface area contributed by atoms with Gasteiger partial charge in [-0.1, -0.05) is 178 Å². The summed E-state index contributed by atoms with van der Waals surface area (Å²) in [6, 6.07) is 54.4. The summed E-state index contributed by atoms with van der Waals surface area (Å²) in [5.74, 6) is 3.17. The molecule has 9 N–H and O–H groups in total. The van der Waals surface area contributed by atoms with Gasteiger partial charge < -0.3 is 47.4 Å². The molecule has 0 saturated heterocycles. The Hall–Kier alpha value is -9.83. The van der Waals surface area contributed by atoms with Gasteiger partial charge in [-0.15, -0.1) is 0 Å². The normalized spacial score (nSPS) is 10.8. The van der Waals surface area contributed by atoms with Gasteiger partial charge in [-0.05, 0) is 215 Å². The van der Waals surface area contributed by atoms with Crippen LogP contribution in [-0.2, 0) is 64.6 Å². The lowest BCUT2D eigenvalue weighted by Crippen LogP contribution is -2.35. The molecule has 17 heteroatoms. The highest BCUT2D eigenvalue weighted by Crippen LogP contribution is 2.38. The summed E-state index contributed by atoms with van der Waals surface area (Å²) in [4.78, 5) is 46.3. The van der Waals surface area contributed by atoms with E-state index in [1.54, 1.807) is 48.2 Å². The number of nitrogen functional groups attached to an aromatic ring is 3. The maximum atomic E-state index is 13.7. The molecule has 0 aliphatic rings. The Morgan fingerprint density at radius 1 is 0.360 bits per heavy atom. The molecule has 0 aliphatic carbocycles. The molecule has 15 nitrogen and oxygen atoms in total. The van der Waals surface area contributed by atoms with Gasteiger partial charge in [0.15, 0.2) is 0 Å². The van der Waals surface area contributed by atoms with Crippen LogP contribution in [0.25, 0.3) is 0 Å². The molecule has 0 heterocycles. The van der Waals surface area contributed by atoms with E-state index < -0.39 is 0 Å². The number of carbonyl (C=O) groups excluding carboxylic acids is 3. The fourth-order valence-electron chi connectivity index (χ4n) is 11.9. The summed E-state index contributed by atoms with van der Waals surface area (Å²) >= 11 is 13.0. The van der Waals surface area contributed by atoms with Crippen LogP contribution in [0.5, 0.6) is 17.2 Å². The van der Waals surface area contributed by atoms with Crippen LogP contribution < -0.4 is 62.1 Å². The van der Waals surface area contributed by atoms with E-state index in [-0.39, 0.29) is 18.1 Å². The minimum Gasteiger partial charge on any atom is -0.497 e. The maximum absolute atomic E-state index is 13.7. The second kappa shape index (κ2) is 37.4. The largest absolute Gasteiger partial charge is 0.497 e. The van der Waals surface area contributed by atoms with E-state index in [4.69, 9.17) is 54.6 Å². The molecule has 0 saturated carbocycles. The van der Waals surface area contributed by atoms with Crippen LogP contribution >= 0.6 is 23.2 Å². The first kappa shape index (κ1) is 77.5. The highest BCUT2D eigenvalue weighted by atomic mass is 35.5. The van der Waals surface area contributed by atoms with Gasteiger partial charge in [0.05, 0.1) is 58.0 Å². The van der Waals surface area contributed by atoms with E-state index in [0.717, 1.165) is 109 Å². The van der Waals surface area contributed by atoms with Gasteiger partial charge in [-0.2, -0.15) is 0 Å². The highest BCUT2D eigenvalue weighted by Gasteiger charge is 2.26. The average molecular weight is 1390 g/mol. The third-order valence-corrected chi connectivity index (χ3v) is 18.6. The summed E-state index contributed by atoms with van der Waals surface area (Å²) in [5.41, 5.74) is 37.6. The van der Waals surface area contributed by atoms with Gasteiger partial charge >= 0.3 is 18.1 Å². The van der Waals surface area contributed by atoms with Crippen molar-refractivity contribution in [3.05, 3.63) is 247 Å². The van der Waals surface area contributed by atoms with Crippen molar-refractivity contribution < 1.29 is 28.6 Å². The fourth-order valence-corrected chi connectivity index (χ4v) is 12.6. The quantitative estimate of drug-likeness (QED) is 0.0318. The number of methoxy groups -OCH3 is 3. The van der Waals surface area contributed by atoms with Crippen LogP contribution in [0.1, 0.15) is 155 Å². The number of rotatable bonds is 24. The molecule has 528 valence electrons. The summed E-state index contributed by atoms with van der Waals surface area (Å²) < 4.78 is 15.8. The van der Waals surface area contributed by atoms with Crippen LogP contribution in [0.2, 0.25) is 10.0 Å². The Labute approximate surface area is 603 Å². The van der Waals surface area contributed by atoms with E-state index in [2.05, 4.69) is 101 Å². The van der Waals surface area contributed by atoms with Crippen molar-refractivity contribution in [1.82, 2.24) is 0 Å². The molecular formula is C83H101Cl2N9O6. The van der Waals surface area contributed by atoms with Gasteiger partial charge in [0.25, 0.3) is 0 Å². The van der Waals surface area contributed by atoms with E-state index in [9.17, 15) is 14.4 Å². The molecule has 0 bridgehead atoms. The van der Waals surface area contributed by atoms with Gasteiger partial charge in [-0.25, -0.2) is 14.4 Å². The minimum atomic E-state index is -0.237. The lowest BCUT2D eigenvalue weighted by Gasteiger charge is -2.26. The van der Waals surface area contributed by atoms with Crippen molar-refractivity contribution in [2.24, 2.45) is 0 Å². The van der Waals surface area contributed by atoms with Gasteiger partial charge in [0.2, 0.25) is 0 Å². The third-order valence-electron chi connectivity index (χ3n) is 18.0. The smallest absolute Gasteiger partial charge is 0.326 e. The number of anilines is 9. The Morgan fingerprint density at radius 3 is 0.930 bits per heavy atom. The Balaban J connectivity index is 0.000000211. The molecule has 0 atom stereocenters. The number of nitrogens with two attached hydrogens (primary N) is 3. The molecule has 100 heavy (non-hydrogen) atoms. The van der Waals surface area contributed by atoms with E-state index >= 15 is 0 Å². The first-order valence-electron chi connectivity index (χ1n) is 34.6. The number of aryl methyl sites for hydroxylation is 2. The highest BCUT2D eigenvalue weighted by molar-refractivity contribution is 6.33. The second-order valence-corrected chi connectivity index (χ2v) is 25.8. The molecule has 0 aromatic heterocycles. The summed E-state index contributed by atoms with van der Waals surface area (Å²) in [7, 11) is 4.92. The molecule has 0 spiro atoms. The number of hydrogen-bond acceptors (Lipinski definition) is 9. The third kappa shape index (κ3) is 20.0. The molecule has 6 amide bonds. The molecular weight excluding hydrogens is 1290 g/mol. The van der Waals surface area contributed by atoms with Crippen molar-refractivity contribution in [3.63, 3.8) is 0 Å². The van der Waals surface area contributed by atoms with E-state index in [1.165, 1.54) is 16.7 Å². The zero-order valence-electron chi connectivity index (χ0n) is 60.7. The number of hydrogen-bond donors (Lipinski definition) is 6. The van der Waals surface area contributed by atoms with Crippen LogP contribution in [0.15, 0.2) is 170 Å². The lowest BCUT2D eigenvalue weighted by atomic mass is 10.0. The van der Waals surface area contributed by atoms with Crippen LogP contribution in [0.3, 0.4) is 0 Å². The van der Waals surface area contributed by atoms with E-state index in [0.29, 0.717) is 95.6 Å². The van der Waals surface area contributed by atoms with Gasteiger partial charge in [0.1, 0.15) is 17.2 Å². The van der Waals surface area contributed by atoms with Crippen molar-refractivity contribution in [3.8, 4) is 17.2 Å². The van der Waals surface area contributed by atoms with Crippen LogP contribution in [0.4, 0.5) is 65.6 Å². The van der Waals surface area contributed by atoms with Gasteiger partial charge in [-0.3, -0.25) is 14.7 Å². The number of halogens is 2. The summed E-state index contributed by atoms with van der Waals surface area (Å²) in [6.07, 6.45) is 5.24. The summed E-state index contributed by atoms with van der Waals surface area (Å²) in [6.45, 7) is 24.2. The second-order valence-electron chi connectivity index (χ2n) is 25.0. The number of nitrogens with zero attached hydrogens (tertiary/aromatic N) is 3. The van der Waals surface area contributed by atoms with Crippen LogP contribution in [0, 0.1) is 0 Å². The Kier molecular flexibility index (Phi) is 29.0. The molecule has 9 rings (SSSR count). The average Bonchev–Trinajstić information content (AvgIpc) is 0.807. The number of amides is 6. The standard InChI is InChI=1S/C28H34ClN3O2.C28H35N3O2.C27H32ClN3O2/c1-6-23-25(29)16-26(30)24(7-2)27(23)31-28(33)32(17-19-8-14-22(34-5)15-9-19)21-12-10-20(11-13-21)18(3)4;1-6-21-12-17-26(29)25(7-2)27(21)30-28(32)31(18-20-8-15-24(33-5)16-9-20)23-13-10-22(11-14-23)19(3)4;1-5-18-8-12-20(13-9-18)31(17-19-10-14-21(33-4)15-11-19)27(32)30-26-22(6-2)24(28)16-25(29)23(26)7-3/h8-16,18H,6-7,17,30H2,1-5H3,(H,31,33);8-17,19H,6-7,18,29H2,1-5H3,(H,30,32);8-16H,5-7,17,29H2,1-4H3,(H,30,32). The van der Waals surface area contributed by atoms with Crippen molar-refractivity contribution in [2.75, 3.05) is 69.2 Å². The SMILES string of the molecule is CCc1c(N)cc(Cl)c(CC)c1NC(=O)N(Cc1ccc(OC)cc1)c1ccc(C(C)C)cc1.CCc1ccc(N(Cc2ccc(OC)cc2)C(=O)Nc2c(CC)c(N)cc(Cl)c2CC)cc1.CCc1ccc(N)c(CC)c1NC(=O)N(Cc1ccc(OC)cc1)c1ccc(C(C)C)cc1. The first-order chi connectivity index (χ1) is 48.1. The predicted molar refractivity (Wildman–Crippen MR) is 420 cm³/mol. The van der Waals surface area contributed by atoms with E-state index in [1.807, 2.05) is 149 Å². The topological polar surface area (TPSA) is 203 Å². The monoisotopic (exact) mass is 1390 g/mol. The van der Waals surface area contributed by atoms with Gasteiger partial charge in [0, 0.05) is 44.2 Å². The van der Waals surface area contributed by atoms with Crippen molar-refractivity contribution >= 4 is 92.5 Å². The summed E-state index contributed by atoms with van der Waals surface area (Å²) in [5, 5.41) is 10.6. The number of benzene rings is 9. The Morgan fingerprint density at radius 2 is 0.650 bits per heavy atom. The zero-order valence-corrected chi connectivity index (χ0v) is 62.2. The molecule has 9 aromatic carbocycles. The number of nitrogens with one attached hydrogen (secondary N) is 3. The number of carbonyl (C=O) groups is 3. The zero-order chi connectivity index (χ0) is 72.7. The minimum absolute atomic E-state index is 0.182. The molecule has 9 aromatic rings. The molecule has 0 fully saturated rings. The molecule has 0 radical (unpaired) electrons. The fraction of sp³-hybridized carbons (Fsp3) is 0.313. The van der Waals surface area contributed by atoms with Crippen LogP contribution in [-0.4, -0.2) is 39.4 Å². The molecule has 0 aliphatic heterocycles. The van der Waals surface area contributed by atoms with Crippen molar-refractivity contribution in [1.29, 1.82) is 0 Å². The number of ether oxygens (including phenoxy) is 3. The maximum Gasteiger partial charge on any atom is 0.326 e. The Bertz CT molecular complexity index is 4090. The lowest BCUT2D eigenvalue weighted by molar-refractivity contribution is 0.256. The van der Waals surface area contributed by atoms with Crippen molar-refractivity contribution in [2.45, 2.75) is 153 Å².